The second-order valence-electron chi connectivity index (χ2n) is 6.58. The maximum atomic E-state index is 6.29. The summed E-state index contributed by atoms with van der Waals surface area (Å²) in [6.07, 6.45) is 6.33. The lowest BCUT2D eigenvalue weighted by atomic mass is 9.97. The van der Waals surface area contributed by atoms with Gasteiger partial charge in [0.1, 0.15) is 5.82 Å². The zero-order valence-corrected chi connectivity index (χ0v) is 14.6. The number of imidazole rings is 1. The van der Waals surface area contributed by atoms with Crippen LogP contribution in [0.4, 0.5) is 0 Å². The lowest BCUT2D eigenvalue weighted by molar-refractivity contribution is 0.193. The van der Waals surface area contributed by atoms with Crippen molar-refractivity contribution in [3.8, 4) is 0 Å². The molecule has 1 aliphatic rings. The first kappa shape index (κ1) is 15.6. The fourth-order valence-electron chi connectivity index (χ4n) is 3.65. The van der Waals surface area contributed by atoms with E-state index in [0.29, 0.717) is 5.92 Å². The molecular weight excluding hydrogens is 320 g/mol. The van der Waals surface area contributed by atoms with E-state index in [4.69, 9.17) is 16.6 Å². The van der Waals surface area contributed by atoms with Crippen molar-refractivity contribution in [2.75, 3.05) is 13.1 Å². The van der Waals surface area contributed by atoms with E-state index < -0.39 is 0 Å². The predicted octanol–water partition coefficient (Wildman–Crippen LogP) is 4.00. The number of nitrogens with zero attached hydrogens (tertiary/aromatic N) is 4. The normalized spacial score (nSPS) is 19.0. The van der Waals surface area contributed by atoms with E-state index in [-0.39, 0.29) is 0 Å². The molecule has 0 saturated carbocycles. The van der Waals surface area contributed by atoms with Crippen LogP contribution in [0, 0.1) is 0 Å². The van der Waals surface area contributed by atoms with Crippen molar-refractivity contribution in [2.24, 2.45) is 7.05 Å². The van der Waals surface area contributed by atoms with Crippen LogP contribution >= 0.6 is 11.6 Å². The predicted molar refractivity (Wildman–Crippen MR) is 97.2 cm³/mol. The number of rotatable bonds is 3. The average molecular weight is 341 g/mol. The summed E-state index contributed by atoms with van der Waals surface area (Å²) in [4.78, 5) is 11.8. The van der Waals surface area contributed by atoms with Crippen LogP contribution in [0.3, 0.4) is 0 Å². The Bertz CT molecular complexity index is 857. The number of aromatic nitrogens is 3. The Hall–Kier alpha value is -1.91. The highest BCUT2D eigenvalue weighted by molar-refractivity contribution is 6.35. The third kappa shape index (κ3) is 3.04. The number of piperidine rings is 1. The minimum absolute atomic E-state index is 0.503. The number of fused-ring (bicyclic) bond motifs is 1. The molecule has 3 aromatic rings. The molecule has 0 aliphatic carbocycles. The van der Waals surface area contributed by atoms with Crippen molar-refractivity contribution < 1.29 is 0 Å². The van der Waals surface area contributed by atoms with Crippen LogP contribution in [0.2, 0.25) is 5.02 Å². The van der Waals surface area contributed by atoms with Gasteiger partial charge in [0.2, 0.25) is 0 Å². The number of hydrogen-bond donors (Lipinski definition) is 0. The highest BCUT2D eigenvalue weighted by Gasteiger charge is 2.24. The van der Waals surface area contributed by atoms with Crippen LogP contribution in [-0.4, -0.2) is 32.5 Å². The van der Waals surface area contributed by atoms with E-state index in [1.165, 1.54) is 18.7 Å². The summed E-state index contributed by atoms with van der Waals surface area (Å²) in [5.41, 5.74) is 1.98. The zero-order chi connectivity index (χ0) is 16.5. The number of halogens is 1. The van der Waals surface area contributed by atoms with Gasteiger partial charge in [0.25, 0.3) is 0 Å². The van der Waals surface area contributed by atoms with E-state index in [1.807, 2.05) is 24.5 Å². The van der Waals surface area contributed by atoms with Gasteiger partial charge in [-0.1, -0.05) is 29.8 Å². The van der Waals surface area contributed by atoms with E-state index >= 15 is 0 Å². The summed E-state index contributed by atoms with van der Waals surface area (Å²) in [5, 5.41) is 1.81. The SMILES string of the molecule is Cn1ccnc1C1CCCN(Cc2ccc3cccc(Cl)c3n2)C1. The fraction of sp³-hybridized carbons (Fsp3) is 0.368. The van der Waals surface area contributed by atoms with Gasteiger partial charge in [-0.05, 0) is 31.5 Å². The molecule has 0 spiro atoms. The summed E-state index contributed by atoms with van der Waals surface area (Å²) in [7, 11) is 2.08. The molecule has 2 aromatic heterocycles. The Labute approximate surface area is 147 Å². The van der Waals surface area contributed by atoms with Gasteiger partial charge in [-0.15, -0.1) is 0 Å². The number of pyridine rings is 1. The van der Waals surface area contributed by atoms with Crippen molar-refractivity contribution in [2.45, 2.75) is 25.3 Å². The highest BCUT2D eigenvalue weighted by atomic mass is 35.5. The summed E-state index contributed by atoms with van der Waals surface area (Å²) >= 11 is 6.29. The van der Waals surface area contributed by atoms with Gasteiger partial charge >= 0.3 is 0 Å². The van der Waals surface area contributed by atoms with Crippen molar-refractivity contribution in [1.29, 1.82) is 0 Å². The quantitative estimate of drug-likeness (QED) is 0.722. The lowest BCUT2D eigenvalue weighted by Crippen LogP contribution is -2.35. The van der Waals surface area contributed by atoms with Gasteiger partial charge in [-0.3, -0.25) is 4.90 Å². The first-order valence-corrected chi connectivity index (χ1v) is 8.82. The summed E-state index contributed by atoms with van der Waals surface area (Å²) in [6, 6.07) is 10.1. The summed E-state index contributed by atoms with van der Waals surface area (Å²) in [6.45, 7) is 3.01. The molecule has 0 N–H and O–H groups in total. The minimum atomic E-state index is 0.503. The third-order valence-electron chi connectivity index (χ3n) is 4.84. The van der Waals surface area contributed by atoms with Gasteiger partial charge < -0.3 is 4.57 Å². The van der Waals surface area contributed by atoms with Crippen LogP contribution < -0.4 is 0 Å². The van der Waals surface area contributed by atoms with E-state index in [9.17, 15) is 0 Å². The Morgan fingerprint density at radius 3 is 3.00 bits per heavy atom. The smallest absolute Gasteiger partial charge is 0.112 e. The summed E-state index contributed by atoms with van der Waals surface area (Å²) < 4.78 is 2.14. The molecular formula is C19H21ClN4. The van der Waals surface area contributed by atoms with Crippen molar-refractivity contribution in [1.82, 2.24) is 19.4 Å². The average Bonchev–Trinajstić information content (AvgIpc) is 3.02. The van der Waals surface area contributed by atoms with Crippen molar-refractivity contribution in [3.05, 3.63) is 59.3 Å². The third-order valence-corrected chi connectivity index (χ3v) is 5.15. The van der Waals surface area contributed by atoms with Gasteiger partial charge in [-0.25, -0.2) is 9.97 Å². The summed E-state index contributed by atoms with van der Waals surface area (Å²) in [5.74, 6) is 1.69. The molecule has 0 radical (unpaired) electrons. The highest BCUT2D eigenvalue weighted by Crippen LogP contribution is 2.27. The largest absolute Gasteiger partial charge is 0.338 e. The minimum Gasteiger partial charge on any atom is -0.338 e. The van der Waals surface area contributed by atoms with E-state index in [0.717, 1.165) is 41.3 Å². The molecule has 1 unspecified atom stereocenters. The second-order valence-corrected chi connectivity index (χ2v) is 6.99. The molecule has 1 atom stereocenters. The van der Waals surface area contributed by atoms with Crippen molar-refractivity contribution >= 4 is 22.5 Å². The maximum absolute atomic E-state index is 6.29. The zero-order valence-electron chi connectivity index (χ0n) is 13.8. The molecule has 3 heterocycles. The molecule has 1 aromatic carbocycles. The topological polar surface area (TPSA) is 34.0 Å². The van der Waals surface area contributed by atoms with Crippen LogP contribution in [0.25, 0.3) is 10.9 Å². The number of hydrogen-bond acceptors (Lipinski definition) is 3. The first-order chi connectivity index (χ1) is 11.7. The standard InChI is InChI=1S/C19H21ClN4/c1-23-11-9-21-19(23)15-5-3-10-24(12-15)13-16-8-7-14-4-2-6-17(20)18(14)22-16/h2,4,6-9,11,15H,3,5,10,12-13H2,1H3. The number of aryl methyl sites for hydroxylation is 1. The van der Waals surface area contributed by atoms with Gasteiger partial charge in [0, 0.05) is 43.8 Å². The Kier molecular flexibility index (Phi) is 4.25. The first-order valence-electron chi connectivity index (χ1n) is 8.44. The monoisotopic (exact) mass is 340 g/mol. The number of para-hydroxylation sites is 1. The molecule has 124 valence electrons. The van der Waals surface area contributed by atoms with Crippen LogP contribution in [0.15, 0.2) is 42.7 Å². The molecule has 24 heavy (non-hydrogen) atoms. The molecule has 4 rings (SSSR count). The van der Waals surface area contributed by atoms with Crippen LogP contribution in [0.5, 0.6) is 0 Å². The van der Waals surface area contributed by atoms with E-state index in [2.05, 4.69) is 39.7 Å². The van der Waals surface area contributed by atoms with E-state index in [1.54, 1.807) is 0 Å². The fourth-order valence-corrected chi connectivity index (χ4v) is 3.87. The lowest BCUT2D eigenvalue weighted by Gasteiger charge is -2.32. The molecule has 1 aliphatic heterocycles. The molecule has 0 bridgehead atoms. The van der Waals surface area contributed by atoms with Gasteiger partial charge in [0.05, 0.1) is 16.2 Å². The van der Waals surface area contributed by atoms with Gasteiger partial charge in [0.15, 0.2) is 0 Å². The van der Waals surface area contributed by atoms with Crippen LogP contribution in [-0.2, 0) is 13.6 Å². The molecule has 4 nitrogen and oxygen atoms in total. The molecule has 1 saturated heterocycles. The van der Waals surface area contributed by atoms with Crippen LogP contribution in [0.1, 0.15) is 30.3 Å². The molecule has 0 amide bonds. The Morgan fingerprint density at radius 1 is 1.25 bits per heavy atom. The molecule has 5 heteroatoms. The number of benzene rings is 1. The van der Waals surface area contributed by atoms with Gasteiger partial charge in [-0.2, -0.15) is 0 Å². The maximum Gasteiger partial charge on any atom is 0.112 e. The molecule has 1 fully saturated rings. The second kappa shape index (κ2) is 6.54. The Morgan fingerprint density at radius 2 is 2.17 bits per heavy atom. The van der Waals surface area contributed by atoms with Crippen molar-refractivity contribution in [3.63, 3.8) is 0 Å². The number of likely N-dealkylation sites (tertiary alicyclic amines) is 1. The Balaban J connectivity index is 1.52.